The number of rotatable bonds is 1. The van der Waals surface area contributed by atoms with Crippen molar-refractivity contribution in [1.82, 2.24) is 4.98 Å². The largest absolute Gasteiger partial charge is 0.383 e. The minimum Gasteiger partial charge on any atom is -0.383 e. The van der Waals surface area contributed by atoms with Crippen molar-refractivity contribution in [3.63, 3.8) is 0 Å². The van der Waals surface area contributed by atoms with Crippen LogP contribution >= 0.6 is 11.8 Å². The normalized spacial score (nSPS) is 18.0. The number of fused-ring (bicyclic) bond motifs is 2. The van der Waals surface area contributed by atoms with Gasteiger partial charge in [0.25, 0.3) is 0 Å². The molecule has 1 aliphatic heterocycles. The molecule has 0 amide bonds. The fourth-order valence-electron chi connectivity index (χ4n) is 2.65. The molecule has 1 aliphatic rings. The fraction of sp³-hybridized carbons (Fsp3) is 0.125. The summed E-state index contributed by atoms with van der Waals surface area (Å²) >= 11 is 1.95. The number of para-hydroxylation sites is 2. The topological polar surface area (TPSA) is 27.8 Å². The second kappa shape index (κ2) is 4.35. The van der Waals surface area contributed by atoms with E-state index in [-0.39, 0.29) is 0 Å². The Morgan fingerprint density at radius 3 is 2.84 bits per heavy atom. The Balaban J connectivity index is 1.75. The molecule has 19 heavy (non-hydrogen) atoms. The average molecular weight is 266 g/mol. The van der Waals surface area contributed by atoms with Gasteiger partial charge in [-0.1, -0.05) is 30.3 Å². The van der Waals surface area contributed by atoms with Crippen LogP contribution in [0.25, 0.3) is 10.9 Å². The smallest absolute Gasteiger partial charge is 0.0538 e. The quantitative estimate of drug-likeness (QED) is 0.682. The third-order valence-electron chi connectivity index (χ3n) is 3.60. The summed E-state index contributed by atoms with van der Waals surface area (Å²) in [6.07, 6.45) is 2.15. The van der Waals surface area contributed by atoms with E-state index in [0.717, 1.165) is 6.54 Å². The van der Waals surface area contributed by atoms with Crippen LogP contribution in [-0.2, 0) is 0 Å². The molecular formula is C16H14N2S. The SMILES string of the molecule is c1ccc2c(c1)NCC(c1c[nH]c3ccccc13)S2. The van der Waals surface area contributed by atoms with Crippen LogP contribution in [0.1, 0.15) is 10.8 Å². The van der Waals surface area contributed by atoms with Crippen LogP contribution in [0.2, 0.25) is 0 Å². The number of aromatic amines is 1. The zero-order valence-electron chi connectivity index (χ0n) is 10.4. The van der Waals surface area contributed by atoms with Gasteiger partial charge in [-0.05, 0) is 23.8 Å². The fourth-order valence-corrected chi connectivity index (χ4v) is 3.87. The summed E-state index contributed by atoms with van der Waals surface area (Å²) in [5, 5.41) is 5.33. The van der Waals surface area contributed by atoms with E-state index in [4.69, 9.17) is 0 Å². The summed E-state index contributed by atoms with van der Waals surface area (Å²) < 4.78 is 0. The highest BCUT2D eigenvalue weighted by atomic mass is 32.2. The van der Waals surface area contributed by atoms with Crippen molar-refractivity contribution in [3.05, 3.63) is 60.3 Å². The molecule has 94 valence electrons. The minimum absolute atomic E-state index is 0.464. The molecule has 2 aromatic carbocycles. The van der Waals surface area contributed by atoms with Gasteiger partial charge in [0.1, 0.15) is 0 Å². The Hall–Kier alpha value is -1.87. The summed E-state index contributed by atoms with van der Waals surface area (Å²) in [5.74, 6) is 0. The predicted octanol–water partition coefficient (Wildman–Crippen LogP) is 4.43. The molecule has 0 aliphatic carbocycles. The summed E-state index contributed by atoms with van der Waals surface area (Å²) in [6.45, 7) is 0.976. The van der Waals surface area contributed by atoms with E-state index in [0.29, 0.717) is 5.25 Å². The Morgan fingerprint density at radius 1 is 1.00 bits per heavy atom. The van der Waals surface area contributed by atoms with Crippen molar-refractivity contribution in [2.24, 2.45) is 0 Å². The summed E-state index contributed by atoms with van der Waals surface area (Å²) in [6, 6.07) is 17.0. The number of hydrogen-bond donors (Lipinski definition) is 2. The first-order valence-corrected chi connectivity index (χ1v) is 7.35. The van der Waals surface area contributed by atoms with Crippen molar-refractivity contribution >= 4 is 28.4 Å². The van der Waals surface area contributed by atoms with Crippen LogP contribution in [0, 0.1) is 0 Å². The summed E-state index contributed by atoms with van der Waals surface area (Å²) in [4.78, 5) is 4.71. The monoisotopic (exact) mass is 266 g/mol. The highest BCUT2D eigenvalue weighted by molar-refractivity contribution is 7.99. The van der Waals surface area contributed by atoms with Gasteiger partial charge in [-0.15, -0.1) is 11.8 Å². The average Bonchev–Trinajstić information content (AvgIpc) is 2.91. The highest BCUT2D eigenvalue weighted by Crippen LogP contribution is 2.44. The lowest BCUT2D eigenvalue weighted by molar-refractivity contribution is 0.972. The molecule has 2 heterocycles. The van der Waals surface area contributed by atoms with E-state index in [9.17, 15) is 0 Å². The van der Waals surface area contributed by atoms with Gasteiger partial charge in [0, 0.05) is 34.2 Å². The maximum atomic E-state index is 3.53. The van der Waals surface area contributed by atoms with Crippen molar-refractivity contribution in [1.29, 1.82) is 0 Å². The van der Waals surface area contributed by atoms with Crippen LogP contribution in [0.3, 0.4) is 0 Å². The van der Waals surface area contributed by atoms with Gasteiger partial charge in [-0.3, -0.25) is 0 Å². The standard InChI is InChI=1S/C16H14N2S/c1-2-6-13-11(5-1)12(9-17-13)16-10-18-14-7-3-4-8-15(14)19-16/h1-9,16-18H,10H2. The third-order valence-corrected chi connectivity index (χ3v) is 4.92. The number of nitrogens with one attached hydrogen (secondary N) is 2. The summed E-state index contributed by atoms with van der Waals surface area (Å²) in [5.41, 5.74) is 3.86. The number of H-pyrrole nitrogens is 1. The number of benzene rings is 2. The Labute approximate surface area is 116 Å². The molecule has 1 aromatic heterocycles. The third kappa shape index (κ3) is 1.81. The highest BCUT2D eigenvalue weighted by Gasteiger charge is 2.22. The van der Waals surface area contributed by atoms with Crippen molar-refractivity contribution < 1.29 is 0 Å². The van der Waals surface area contributed by atoms with Gasteiger partial charge in [-0.2, -0.15) is 0 Å². The predicted molar refractivity (Wildman–Crippen MR) is 81.8 cm³/mol. The van der Waals surface area contributed by atoms with E-state index in [1.165, 1.54) is 27.0 Å². The molecule has 1 atom stereocenters. The molecule has 0 fully saturated rings. The van der Waals surface area contributed by atoms with Crippen molar-refractivity contribution in [2.75, 3.05) is 11.9 Å². The minimum atomic E-state index is 0.464. The molecule has 0 bridgehead atoms. The van der Waals surface area contributed by atoms with Gasteiger partial charge in [0.15, 0.2) is 0 Å². The van der Waals surface area contributed by atoms with Crippen molar-refractivity contribution in [3.8, 4) is 0 Å². The Kier molecular flexibility index (Phi) is 2.52. The van der Waals surface area contributed by atoms with Gasteiger partial charge in [0.05, 0.1) is 5.25 Å². The molecule has 0 saturated carbocycles. The zero-order valence-corrected chi connectivity index (χ0v) is 11.2. The van der Waals surface area contributed by atoms with E-state index in [2.05, 4.69) is 65.0 Å². The molecule has 0 saturated heterocycles. The first-order chi connectivity index (χ1) is 9.42. The van der Waals surface area contributed by atoms with E-state index in [1.54, 1.807) is 0 Å². The molecule has 2 N–H and O–H groups in total. The molecule has 3 heteroatoms. The number of anilines is 1. The van der Waals surface area contributed by atoms with Crippen molar-refractivity contribution in [2.45, 2.75) is 10.1 Å². The number of aromatic nitrogens is 1. The molecule has 4 rings (SSSR count). The lowest BCUT2D eigenvalue weighted by Crippen LogP contribution is -2.14. The zero-order chi connectivity index (χ0) is 12.7. The first kappa shape index (κ1) is 11.0. The second-order valence-corrected chi connectivity index (χ2v) is 6.02. The molecule has 1 unspecified atom stereocenters. The van der Waals surface area contributed by atoms with E-state index < -0.39 is 0 Å². The lowest BCUT2D eigenvalue weighted by Gasteiger charge is -2.25. The maximum absolute atomic E-state index is 3.53. The molecule has 0 spiro atoms. The van der Waals surface area contributed by atoms with Crippen LogP contribution in [0.15, 0.2) is 59.6 Å². The van der Waals surface area contributed by atoms with Crippen LogP contribution in [0.5, 0.6) is 0 Å². The van der Waals surface area contributed by atoms with Gasteiger partial charge < -0.3 is 10.3 Å². The molecule has 0 radical (unpaired) electrons. The summed E-state index contributed by atoms with van der Waals surface area (Å²) in [7, 11) is 0. The Bertz CT molecular complexity index is 732. The Morgan fingerprint density at radius 2 is 1.84 bits per heavy atom. The van der Waals surface area contributed by atoms with Crippen LogP contribution < -0.4 is 5.32 Å². The van der Waals surface area contributed by atoms with Gasteiger partial charge in [0.2, 0.25) is 0 Å². The first-order valence-electron chi connectivity index (χ1n) is 6.47. The second-order valence-electron chi connectivity index (χ2n) is 4.77. The van der Waals surface area contributed by atoms with Crippen LogP contribution in [0.4, 0.5) is 5.69 Å². The van der Waals surface area contributed by atoms with E-state index in [1.807, 2.05) is 11.8 Å². The van der Waals surface area contributed by atoms with E-state index >= 15 is 0 Å². The van der Waals surface area contributed by atoms with Crippen LogP contribution in [-0.4, -0.2) is 11.5 Å². The van der Waals surface area contributed by atoms with Gasteiger partial charge >= 0.3 is 0 Å². The molecule has 3 aromatic rings. The molecule has 2 nitrogen and oxygen atoms in total. The lowest BCUT2D eigenvalue weighted by atomic mass is 10.1. The van der Waals surface area contributed by atoms with Gasteiger partial charge in [-0.25, -0.2) is 0 Å². The number of hydrogen-bond acceptors (Lipinski definition) is 2. The maximum Gasteiger partial charge on any atom is 0.0538 e. The molecular weight excluding hydrogens is 252 g/mol. The number of thioether (sulfide) groups is 1.